The van der Waals surface area contributed by atoms with Crippen LogP contribution in [0, 0.1) is 0 Å². The van der Waals surface area contributed by atoms with Crippen LogP contribution in [-0.4, -0.2) is 33.4 Å². The highest BCUT2D eigenvalue weighted by Crippen LogP contribution is 2.38. The van der Waals surface area contributed by atoms with Crippen LogP contribution >= 0.6 is 23.2 Å². The Morgan fingerprint density at radius 3 is 2.59 bits per heavy atom. The van der Waals surface area contributed by atoms with Crippen LogP contribution in [0.2, 0.25) is 0 Å². The molecule has 34 heavy (non-hydrogen) atoms. The Morgan fingerprint density at radius 2 is 1.94 bits per heavy atom. The van der Waals surface area contributed by atoms with Crippen molar-refractivity contribution in [3.8, 4) is 16.9 Å². The first kappa shape index (κ1) is 25.8. The summed E-state index contributed by atoms with van der Waals surface area (Å²) in [4.78, 5) is 13.2. The highest BCUT2D eigenvalue weighted by atomic mass is 35.5. The van der Waals surface area contributed by atoms with E-state index in [1.165, 1.54) is 25.3 Å². The smallest absolute Gasteiger partial charge is 0.233 e. The summed E-state index contributed by atoms with van der Waals surface area (Å²) < 4.78 is 36.7. The lowest BCUT2D eigenvalue weighted by molar-refractivity contribution is 0.101. The number of carbonyl (C=O) groups is 1. The van der Waals surface area contributed by atoms with Gasteiger partial charge in [0.2, 0.25) is 21.6 Å². The monoisotopic (exact) mass is 519 g/mol. The molecule has 6 nitrogen and oxygen atoms in total. The van der Waals surface area contributed by atoms with E-state index in [1.54, 1.807) is 12.1 Å². The summed E-state index contributed by atoms with van der Waals surface area (Å²) in [5.74, 6) is -0.0207. The van der Waals surface area contributed by atoms with E-state index in [-0.39, 0.29) is 28.8 Å². The Morgan fingerprint density at radius 1 is 1.21 bits per heavy atom. The zero-order valence-electron chi connectivity index (χ0n) is 18.6. The molecule has 0 aliphatic heterocycles. The van der Waals surface area contributed by atoms with Gasteiger partial charge in [-0.15, -0.1) is 11.6 Å². The van der Waals surface area contributed by atoms with Gasteiger partial charge in [0.1, 0.15) is 5.58 Å². The Hall–Kier alpha value is -2.84. The summed E-state index contributed by atoms with van der Waals surface area (Å²) in [5.41, 5.74) is 3.12. The summed E-state index contributed by atoms with van der Waals surface area (Å²) >= 11 is 12.0. The molecule has 0 amide bonds. The predicted molar refractivity (Wildman–Crippen MR) is 137 cm³/mol. The zero-order chi connectivity index (χ0) is 24.9. The van der Waals surface area contributed by atoms with Gasteiger partial charge < -0.3 is 9.15 Å². The summed E-state index contributed by atoms with van der Waals surface area (Å²) in [6.45, 7) is 3.81. The number of nitrogens with one attached hydrogen (secondary N) is 1. The van der Waals surface area contributed by atoms with Crippen LogP contribution in [0.5, 0.6) is 5.75 Å². The van der Waals surface area contributed by atoms with Crippen LogP contribution in [0.4, 0.5) is 0 Å². The van der Waals surface area contributed by atoms with Gasteiger partial charge in [-0.1, -0.05) is 60.7 Å². The third kappa shape index (κ3) is 5.98. The number of Topliss-reactive ketones (excluding diaryl/α,β-unsaturated/α-hetero) is 1. The second-order valence-electron chi connectivity index (χ2n) is 7.32. The lowest BCUT2D eigenvalue weighted by Crippen LogP contribution is -2.21. The van der Waals surface area contributed by atoms with Gasteiger partial charge in [-0.25, -0.2) is 13.1 Å². The average Bonchev–Trinajstić information content (AvgIpc) is 3.18. The quantitative estimate of drug-likeness (QED) is 0.158. The standard InChI is InChI=1S/C25H23Cl2NO5S/c1-4-6-19(21(27)11-12-26)23(29)25-24(32-2)20-10-9-18(14-22(20)33-25)17-8-5-7-16(13-17)15-28-34(3,30)31/h4-11,13-14,28H,1,12,15H2,2-3H3/b19-6+,21-11+. The molecule has 0 bridgehead atoms. The molecule has 3 aromatic rings. The van der Waals surface area contributed by atoms with Gasteiger partial charge in [0, 0.05) is 23.0 Å². The molecule has 0 aliphatic carbocycles. The summed E-state index contributed by atoms with van der Waals surface area (Å²) in [6, 6.07) is 12.9. The Labute approximate surface area is 208 Å². The molecule has 0 saturated heterocycles. The Balaban J connectivity index is 2.04. The van der Waals surface area contributed by atoms with E-state index >= 15 is 0 Å². The van der Waals surface area contributed by atoms with Crippen molar-refractivity contribution >= 4 is 50.0 Å². The van der Waals surface area contributed by atoms with Gasteiger partial charge in [-0.2, -0.15) is 0 Å². The van der Waals surface area contributed by atoms with Crippen molar-refractivity contribution in [3.63, 3.8) is 0 Å². The van der Waals surface area contributed by atoms with Crippen molar-refractivity contribution in [1.29, 1.82) is 0 Å². The molecule has 0 atom stereocenters. The number of carbonyl (C=O) groups excluding carboxylic acids is 1. The van der Waals surface area contributed by atoms with Gasteiger partial charge in [-0.05, 0) is 34.9 Å². The summed E-state index contributed by atoms with van der Waals surface area (Å²) in [6.07, 6.45) is 5.57. The maximum atomic E-state index is 13.2. The number of alkyl halides is 1. The van der Waals surface area contributed by atoms with Crippen molar-refractivity contribution in [2.24, 2.45) is 0 Å². The molecular weight excluding hydrogens is 497 g/mol. The number of allylic oxidation sites excluding steroid dienone is 5. The minimum absolute atomic E-state index is 0.00924. The van der Waals surface area contributed by atoms with E-state index in [2.05, 4.69) is 11.3 Å². The van der Waals surface area contributed by atoms with E-state index in [0.29, 0.717) is 16.7 Å². The number of benzene rings is 2. The van der Waals surface area contributed by atoms with E-state index < -0.39 is 15.8 Å². The zero-order valence-corrected chi connectivity index (χ0v) is 20.9. The van der Waals surface area contributed by atoms with Crippen molar-refractivity contribution in [3.05, 3.63) is 89.2 Å². The number of furan rings is 1. The number of methoxy groups -OCH3 is 1. The maximum Gasteiger partial charge on any atom is 0.233 e. The van der Waals surface area contributed by atoms with Crippen molar-refractivity contribution in [2.45, 2.75) is 6.54 Å². The maximum absolute atomic E-state index is 13.2. The molecule has 0 radical (unpaired) electrons. The third-order valence-corrected chi connectivity index (χ3v) is 6.08. The molecule has 0 spiro atoms. The molecule has 0 fully saturated rings. The van der Waals surface area contributed by atoms with Crippen LogP contribution in [0.3, 0.4) is 0 Å². The molecule has 0 saturated carbocycles. The first-order valence-electron chi connectivity index (χ1n) is 10.1. The van der Waals surface area contributed by atoms with Gasteiger partial charge in [0.25, 0.3) is 0 Å². The first-order valence-corrected chi connectivity index (χ1v) is 12.9. The van der Waals surface area contributed by atoms with Crippen LogP contribution < -0.4 is 9.46 Å². The number of halogens is 2. The summed E-state index contributed by atoms with van der Waals surface area (Å²) in [7, 11) is -1.85. The normalized spacial score (nSPS) is 12.7. The van der Waals surface area contributed by atoms with E-state index in [4.69, 9.17) is 32.4 Å². The first-order chi connectivity index (χ1) is 16.2. The summed E-state index contributed by atoms with van der Waals surface area (Å²) in [5, 5.41) is 0.808. The fourth-order valence-electron chi connectivity index (χ4n) is 3.36. The molecular formula is C25H23Cl2NO5S. The second-order valence-corrected chi connectivity index (χ2v) is 9.87. The van der Waals surface area contributed by atoms with Crippen molar-refractivity contribution < 1.29 is 22.4 Å². The number of hydrogen-bond acceptors (Lipinski definition) is 5. The fourth-order valence-corrected chi connectivity index (χ4v) is 4.25. The number of ether oxygens (including phenoxy) is 1. The number of rotatable bonds is 10. The molecule has 0 unspecified atom stereocenters. The minimum Gasteiger partial charge on any atom is -0.492 e. The molecule has 1 N–H and O–H groups in total. The molecule has 9 heteroatoms. The lowest BCUT2D eigenvalue weighted by Gasteiger charge is -2.06. The largest absolute Gasteiger partial charge is 0.492 e. The molecule has 3 rings (SSSR count). The molecule has 1 heterocycles. The minimum atomic E-state index is -3.31. The van der Waals surface area contributed by atoms with E-state index in [1.807, 2.05) is 30.3 Å². The second kappa shape index (κ2) is 11.1. The number of ketones is 1. The number of fused-ring (bicyclic) bond motifs is 1. The van der Waals surface area contributed by atoms with Crippen LogP contribution in [0.15, 0.2) is 82.3 Å². The third-order valence-electron chi connectivity index (χ3n) is 4.90. The molecule has 2 aromatic carbocycles. The van der Waals surface area contributed by atoms with Crippen molar-refractivity contribution in [2.75, 3.05) is 19.2 Å². The molecule has 1 aromatic heterocycles. The fraction of sp³-hybridized carbons (Fsp3) is 0.160. The number of sulfonamides is 1. The topological polar surface area (TPSA) is 85.6 Å². The Bertz CT molecular complexity index is 1400. The van der Waals surface area contributed by atoms with Crippen LogP contribution in [0.1, 0.15) is 16.1 Å². The van der Waals surface area contributed by atoms with Gasteiger partial charge >= 0.3 is 0 Å². The van der Waals surface area contributed by atoms with Crippen LogP contribution in [0.25, 0.3) is 22.1 Å². The van der Waals surface area contributed by atoms with Crippen LogP contribution in [-0.2, 0) is 16.6 Å². The van der Waals surface area contributed by atoms with Gasteiger partial charge in [0.15, 0.2) is 5.75 Å². The highest BCUT2D eigenvalue weighted by molar-refractivity contribution is 7.88. The highest BCUT2D eigenvalue weighted by Gasteiger charge is 2.26. The van der Waals surface area contributed by atoms with E-state index in [0.717, 1.165) is 22.9 Å². The lowest BCUT2D eigenvalue weighted by atomic mass is 10.0. The average molecular weight is 520 g/mol. The predicted octanol–water partition coefficient (Wildman–Crippen LogP) is 5.81. The van der Waals surface area contributed by atoms with Gasteiger partial charge in [0.05, 0.1) is 18.8 Å². The SMILES string of the molecule is C=C/C=C(C(=O)c1oc2cc(-c3cccc(CNS(C)(=O)=O)c3)ccc2c1OC)\C(Cl)=C/CCl. The molecule has 178 valence electrons. The van der Waals surface area contributed by atoms with Gasteiger partial charge in [-0.3, -0.25) is 4.79 Å². The van der Waals surface area contributed by atoms with E-state index in [9.17, 15) is 13.2 Å². The molecule has 0 aliphatic rings. The number of hydrogen-bond donors (Lipinski definition) is 1. The van der Waals surface area contributed by atoms with Crippen molar-refractivity contribution in [1.82, 2.24) is 4.72 Å². The Kier molecular flexibility index (Phi) is 8.38.